The molecule has 2 N–H and O–H groups in total. The summed E-state index contributed by atoms with van der Waals surface area (Å²) >= 11 is 5.60. The topological polar surface area (TPSA) is 69.6 Å². The molecular formula is C8H11ClN2O3S. The van der Waals surface area contributed by atoms with Gasteiger partial charge in [-0.1, -0.05) is 11.6 Å². The van der Waals surface area contributed by atoms with E-state index in [0.29, 0.717) is 5.02 Å². The maximum atomic E-state index is 11.4. The maximum absolute atomic E-state index is 11.4. The van der Waals surface area contributed by atoms with Crippen molar-refractivity contribution in [1.29, 1.82) is 0 Å². The fraction of sp³-hybridized carbons (Fsp3) is 0.250. The van der Waals surface area contributed by atoms with Crippen LogP contribution in [0.15, 0.2) is 18.2 Å². The lowest BCUT2D eigenvalue weighted by Crippen LogP contribution is -2.28. The van der Waals surface area contributed by atoms with Gasteiger partial charge in [0.1, 0.15) is 5.75 Å². The van der Waals surface area contributed by atoms with Gasteiger partial charge in [-0.2, -0.15) is 12.7 Å². The van der Waals surface area contributed by atoms with Gasteiger partial charge >= 0.3 is 10.2 Å². The lowest BCUT2D eigenvalue weighted by molar-refractivity contribution is 0.477. The van der Waals surface area contributed by atoms with Gasteiger partial charge < -0.3 is 5.11 Å². The van der Waals surface area contributed by atoms with Crippen molar-refractivity contribution in [1.82, 2.24) is 4.31 Å². The molecule has 0 unspecified atom stereocenters. The third-order valence-electron chi connectivity index (χ3n) is 1.68. The van der Waals surface area contributed by atoms with E-state index in [9.17, 15) is 13.5 Å². The number of halogens is 1. The molecule has 0 bridgehead atoms. The van der Waals surface area contributed by atoms with Crippen LogP contribution in [0.25, 0.3) is 0 Å². The van der Waals surface area contributed by atoms with E-state index >= 15 is 0 Å². The highest BCUT2D eigenvalue weighted by Gasteiger charge is 2.14. The molecule has 0 aromatic heterocycles. The van der Waals surface area contributed by atoms with Crippen LogP contribution < -0.4 is 4.72 Å². The number of phenols is 1. The average molecular weight is 251 g/mol. The molecule has 0 amide bonds. The molecule has 1 aromatic carbocycles. The zero-order valence-electron chi connectivity index (χ0n) is 8.23. The Labute approximate surface area is 93.5 Å². The highest BCUT2D eigenvalue weighted by atomic mass is 35.5. The van der Waals surface area contributed by atoms with Gasteiger partial charge in [0.25, 0.3) is 0 Å². The van der Waals surface area contributed by atoms with Crippen LogP contribution in [0, 0.1) is 0 Å². The minimum absolute atomic E-state index is 0.0908. The van der Waals surface area contributed by atoms with E-state index in [1.165, 1.54) is 32.3 Å². The lowest BCUT2D eigenvalue weighted by Gasteiger charge is -2.14. The molecule has 1 aromatic rings. The number of hydrogen-bond acceptors (Lipinski definition) is 3. The summed E-state index contributed by atoms with van der Waals surface area (Å²) in [7, 11) is -0.838. The number of hydrogen-bond donors (Lipinski definition) is 2. The molecule has 0 aliphatic heterocycles. The van der Waals surface area contributed by atoms with Crippen molar-refractivity contribution in [3.05, 3.63) is 23.2 Å². The quantitative estimate of drug-likeness (QED) is 0.794. The molecule has 0 atom stereocenters. The molecule has 0 saturated carbocycles. The Morgan fingerprint density at radius 2 is 2.00 bits per heavy atom. The number of aromatic hydroxyl groups is 1. The molecule has 0 fully saturated rings. The third-order valence-corrected chi connectivity index (χ3v) is 3.35. The Morgan fingerprint density at radius 3 is 2.47 bits per heavy atom. The van der Waals surface area contributed by atoms with Gasteiger partial charge in [-0.3, -0.25) is 4.72 Å². The molecule has 84 valence electrons. The first kappa shape index (κ1) is 12.1. The van der Waals surface area contributed by atoms with Crippen LogP contribution in [-0.2, 0) is 10.2 Å². The van der Waals surface area contributed by atoms with Crippen LogP contribution in [0.4, 0.5) is 5.69 Å². The van der Waals surface area contributed by atoms with Crippen molar-refractivity contribution < 1.29 is 13.5 Å². The van der Waals surface area contributed by atoms with Crippen LogP contribution in [0.3, 0.4) is 0 Å². The van der Waals surface area contributed by atoms with Gasteiger partial charge in [0, 0.05) is 25.2 Å². The molecule has 15 heavy (non-hydrogen) atoms. The highest BCUT2D eigenvalue weighted by Crippen LogP contribution is 2.27. The first-order valence-electron chi connectivity index (χ1n) is 4.02. The van der Waals surface area contributed by atoms with Crippen LogP contribution in [0.5, 0.6) is 5.75 Å². The minimum Gasteiger partial charge on any atom is -0.506 e. The number of rotatable bonds is 3. The first-order valence-corrected chi connectivity index (χ1v) is 5.83. The maximum Gasteiger partial charge on any atom is 0.301 e. The van der Waals surface area contributed by atoms with Gasteiger partial charge in [-0.05, 0) is 12.1 Å². The molecular weight excluding hydrogens is 240 g/mol. The Bertz CT molecular complexity index is 459. The number of nitrogens with one attached hydrogen (secondary N) is 1. The number of nitrogens with zero attached hydrogens (tertiary/aromatic N) is 1. The van der Waals surface area contributed by atoms with Crippen molar-refractivity contribution in [2.24, 2.45) is 0 Å². The molecule has 1 rings (SSSR count). The van der Waals surface area contributed by atoms with E-state index in [1.54, 1.807) is 0 Å². The fourth-order valence-corrected chi connectivity index (χ4v) is 1.62. The summed E-state index contributed by atoms with van der Waals surface area (Å²) in [4.78, 5) is 0. The van der Waals surface area contributed by atoms with Crippen molar-refractivity contribution in [3.63, 3.8) is 0 Å². The smallest absolute Gasteiger partial charge is 0.301 e. The second-order valence-corrected chi connectivity index (χ2v) is 5.37. The summed E-state index contributed by atoms with van der Waals surface area (Å²) < 4.78 is 26.0. The largest absolute Gasteiger partial charge is 0.506 e. The second kappa shape index (κ2) is 4.26. The van der Waals surface area contributed by atoms with E-state index in [-0.39, 0.29) is 11.4 Å². The van der Waals surface area contributed by atoms with Gasteiger partial charge in [-0.15, -0.1) is 0 Å². The van der Waals surface area contributed by atoms with E-state index in [0.717, 1.165) is 4.31 Å². The average Bonchev–Trinajstić information content (AvgIpc) is 2.09. The standard InChI is InChI=1S/C8H11ClN2O3S/c1-11(2)15(13,14)10-7-4-3-6(9)5-8(7)12/h3-5,10,12H,1-2H3. The SMILES string of the molecule is CN(C)S(=O)(=O)Nc1ccc(Cl)cc1O. The van der Waals surface area contributed by atoms with Gasteiger partial charge in [0.15, 0.2) is 0 Å². The number of benzene rings is 1. The zero-order chi connectivity index (χ0) is 11.6. The molecule has 0 saturated heterocycles. The van der Waals surface area contributed by atoms with Crippen LogP contribution in [0.1, 0.15) is 0 Å². The summed E-state index contributed by atoms with van der Waals surface area (Å²) in [6.45, 7) is 0. The van der Waals surface area contributed by atoms with E-state index in [2.05, 4.69) is 4.72 Å². The predicted molar refractivity (Wildman–Crippen MR) is 59.3 cm³/mol. The Hall–Kier alpha value is -0.980. The van der Waals surface area contributed by atoms with Crippen LogP contribution in [-0.4, -0.2) is 31.9 Å². The van der Waals surface area contributed by atoms with Gasteiger partial charge in [0.05, 0.1) is 5.69 Å². The van der Waals surface area contributed by atoms with E-state index < -0.39 is 10.2 Å². The van der Waals surface area contributed by atoms with Crippen molar-refractivity contribution in [3.8, 4) is 5.75 Å². The summed E-state index contributed by atoms with van der Waals surface area (Å²) in [6, 6.07) is 4.13. The number of anilines is 1. The normalized spacial score (nSPS) is 11.7. The van der Waals surface area contributed by atoms with Crippen molar-refractivity contribution in [2.75, 3.05) is 18.8 Å². The fourth-order valence-electron chi connectivity index (χ4n) is 0.821. The summed E-state index contributed by atoms with van der Waals surface area (Å²) in [5.41, 5.74) is 0.0908. The monoisotopic (exact) mass is 250 g/mol. The highest BCUT2D eigenvalue weighted by molar-refractivity contribution is 7.90. The summed E-state index contributed by atoms with van der Waals surface area (Å²) in [6.07, 6.45) is 0. The predicted octanol–water partition coefficient (Wildman–Crippen LogP) is 1.26. The molecule has 0 spiro atoms. The van der Waals surface area contributed by atoms with Gasteiger partial charge in [-0.25, -0.2) is 0 Å². The summed E-state index contributed by atoms with van der Waals surface area (Å²) in [5, 5.41) is 9.74. The zero-order valence-corrected chi connectivity index (χ0v) is 9.80. The third kappa shape index (κ3) is 2.98. The first-order chi connectivity index (χ1) is 6.83. The molecule has 0 radical (unpaired) electrons. The summed E-state index contributed by atoms with van der Waals surface area (Å²) in [5.74, 6) is -0.215. The Balaban J connectivity index is 3.01. The molecule has 0 aliphatic carbocycles. The van der Waals surface area contributed by atoms with Gasteiger partial charge in [0.2, 0.25) is 0 Å². The Morgan fingerprint density at radius 1 is 1.40 bits per heavy atom. The molecule has 0 heterocycles. The lowest BCUT2D eigenvalue weighted by atomic mass is 10.3. The molecule has 0 aliphatic rings. The second-order valence-electron chi connectivity index (χ2n) is 3.05. The van der Waals surface area contributed by atoms with Crippen LogP contribution in [0.2, 0.25) is 5.02 Å². The Kier molecular flexibility index (Phi) is 3.43. The van der Waals surface area contributed by atoms with E-state index in [1.807, 2.05) is 0 Å². The van der Waals surface area contributed by atoms with Crippen molar-refractivity contribution in [2.45, 2.75) is 0 Å². The van der Waals surface area contributed by atoms with E-state index in [4.69, 9.17) is 11.6 Å². The van der Waals surface area contributed by atoms with Crippen LogP contribution >= 0.6 is 11.6 Å². The number of phenolic OH excluding ortho intramolecular Hbond substituents is 1. The minimum atomic E-state index is -3.61. The molecule has 5 nitrogen and oxygen atoms in total. The van der Waals surface area contributed by atoms with Crippen molar-refractivity contribution >= 4 is 27.5 Å². The molecule has 7 heteroatoms.